The molecule has 3 heterocycles. The van der Waals surface area contributed by atoms with E-state index in [1.807, 2.05) is 111 Å². The van der Waals surface area contributed by atoms with Crippen LogP contribution in [0.15, 0.2) is 109 Å². The van der Waals surface area contributed by atoms with Gasteiger partial charge in [0.1, 0.15) is 34.2 Å². The van der Waals surface area contributed by atoms with E-state index in [2.05, 4.69) is 21.3 Å². The van der Waals surface area contributed by atoms with E-state index in [0.29, 0.717) is 33.9 Å². The zero-order valence-corrected chi connectivity index (χ0v) is 22.6. The molecule has 0 amide bonds. The molecule has 1 aliphatic heterocycles. The van der Waals surface area contributed by atoms with Crippen molar-refractivity contribution in [3.63, 3.8) is 0 Å². The highest BCUT2D eigenvalue weighted by molar-refractivity contribution is 6.05. The number of rotatable bonds is 2. The monoisotopic (exact) mass is 534 g/mol. The number of aromatic hydroxyl groups is 2. The summed E-state index contributed by atoms with van der Waals surface area (Å²) in [7, 11) is 0. The first kappa shape index (κ1) is 23.5. The number of nitrogens with zero attached hydrogens (tertiary/aromatic N) is 4. The molecule has 0 saturated carbocycles. The number of hydrogen-bond acceptors (Lipinski definition) is 4. The van der Waals surface area contributed by atoms with E-state index in [9.17, 15) is 10.2 Å². The van der Waals surface area contributed by atoms with Gasteiger partial charge in [-0.2, -0.15) is 0 Å². The van der Waals surface area contributed by atoms with Crippen molar-refractivity contribution in [1.82, 2.24) is 19.1 Å². The lowest BCUT2D eigenvalue weighted by atomic mass is 9.76. The number of imidazole rings is 2. The Kier molecular flexibility index (Phi) is 4.77. The predicted octanol–water partition coefficient (Wildman–Crippen LogP) is 7.75. The third-order valence-electron chi connectivity index (χ3n) is 8.38. The molecule has 0 atom stereocenters. The molecule has 8 rings (SSSR count). The van der Waals surface area contributed by atoms with Crippen molar-refractivity contribution in [3.8, 4) is 45.6 Å². The minimum Gasteiger partial charge on any atom is -0.507 e. The van der Waals surface area contributed by atoms with Gasteiger partial charge in [0, 0.05) is 27.9 Å². The zero-order valence-electron chi connectivity index (χ0n) is 22.6. The maximum absolute atomic E-state index is 11.9. The van der Waals surface area contributed by atoms with E-state index >= 15 is 0 Å². The van der Waals surface area contributed by atoms with Gasteiger partial charge in [-0.25, -0.2) is 9.97 Å². The average Bonchev–Trinajstić information content (AvgIpc) is 3.57. The van der Waals surface area contributed by atoms with Gasteiger partial charge in [-0.15, -0.1) is 0 Å². The summed E-state index contributed by atoms with van der Waals surface area (Å²) < 4.78 is 4.18. The molecular formula is C35H26N4O2. The Bertz CT molecular complexity index is 1990. The van der Waals surface area contributed by atoms with Crippen molar-refractivity contribution in [1.29, 1.82) is 0 Å². The summed E-state index contributed by atoms with van der Waals surface area (Å²) in [5, 5.41) is 23.7. The Labute approximate surface area is 236 Å². The molecule has 41 heavy (non-hydrogen) atoms. The summed E-state index contributed by atoms with van der Waals surface area (Å²) in [6.45, 7) is 4.04. The van der Waals surface area contributed by atoms with Crippen LogP contribution in [0.4, 0.5) is 0 Å². The Morgan fingerprint density at radius 1 is 0.512 bits per heavy atom. The van der Waals surface area contributed by atoms with Crippen molar-refractivity contribution in [2.24, 2.45) is 0 Å². The molecule has 0 radical (unpaired) electrons. The van der Waals surface area contributed by atoms with Gasteiger partial charge >= 0.3 is 0 Å². The van der Waals surface area contributed by atoms with Crippen molar-refractivity contribution in [2.75, 3.05) is 0 Å². The third kappa shape index (κ3) is 3.19. The second kappa shape index (κ2) is 8.32. The third-order valence-corrected chi connectivity index (χ3v) is 8.38. The number of fused-ring (bicyclic) bond motifs is 8. The molecule has 2 N–H and O–H groups in total. The zero-order chi connectivity index (χ0) is 27.9. The lowest BCUT2D eigenvalue weighted by molar-refractivity contribution is 0.437. The molecule has 0 unspecified atom stereocenters. The minimum atomic E-state index is -0.738. The summed E-state index contributed by atoms with van der Waals surface area (Å²) >= 11 is 0. The van der Waals surface area contributed by atoms with Crippen molar-refractivity contribution in [2.45, 2.75) is 19.3 Å². The number of phenolic OH excluding ortho intramolecular Hbond substituents is 2. The Morgan fingerprint density at radius 3 is 1.34 bits per heavy atom. The van der Waals surface area contributed by atoms with Gasteiger partial charge < -0.3 is 10.2 Å². The highest BCUT2D eigenvalue weighted by Crippen LogP contribution is 2.48. The van der Waals surface area contributed by atoms with E-state index in [0.717, 1.165) is 33.4 Å². The first-order valence-corrected chi connectivity index (χ1v) is 13.7. The van der Waals surface area contributed by atoms with Gasteiger partial charge in [-0.05, 0) is 48.5 Å². The maximum Gasteiger partial charge on any atom is 0.149 e. The second-order valence-corrected chi connectivity index (χ2v) is 11.0. The first-order valence-electron chi connectivity index (χ1n) is 13.7. The molecule has 0 aliphatic carbocycles. The number of phenols is 2. The van der Waals surface area contributed by atoms with Gasteiger partial charge in [-0.1, -0.05) is 74.5 Å². The van der Waals surface area contributed by atoms with Crippen LogP contribution >= 0.6 is 0 Å². The standard InChI is InChI=1S/C35H26N4O2/c1-35(2)25-17-9-15-23(31(25)40)33-36-29-27(38(33)21-11-5-3-6-12-21)19-20-28-30(29)37-34(24-16-10-18-26(35)32(24)41)39(28)22-13-7-4-8-14-22/h3-20,40-41H,1-2H3. The fourth-order valence-corrected chi connectivity index (χ4v) is 6.32. The maximum atomic E-state index is 11.9. The summed E-state index contributed by atoms with van der Waals surface area (Å²) in [4.78, 5) is 10.4. The summed E-state index contributed by atoms with van der Waals surface area (Å²) in [6, 6.07) is 35.8. The van der Waals surface area contributed by atoms with Crippen molar-refractivity contribution < 1.29 is 10.2 Å². The van der Waals surface area contributed by atoms with Crippen LogP contribution in [0.25, 0.3) is 56.2 Å². The van der Waals surface area contributed by atoms with Crippen LogP contribution in [0.5, 0.6) is 11.5 Å². The van der Waals surface area contributed by atoms with Gasteiger partial charge in [0.15, 0.2) is 0 Å². The molecule has 0 fully saturated rings. The van der Waals surface area contributed by atoms with Crippen LogP contribution < -0.4 is 0 Å². The van der Waals surface area contributed by atoms with Crippen LogP contribution in [0.3, 0.4) is 0 Å². The quantitative estimate of drug-likeness (QED) is 0.238. The molecule has 8 bridgehead atoms. The Morgan fingerprint density at radius 2 is 0.927 bits per heavy atom. The van der Waals surface area contributed by atoms with Crippen LogP contribution in [0.1, 0.15) is 25.0 Å². The van der Waals surface area contributed by atoms with E-state index < -0.39 is 5.41 Å². The fraction of sp³-hybridized carbons (Fsp3) is 0.0857. The number of aromatic nitrogens is 4. The Balaban J connectivity index is 1.62. The largest absolute Gasteiger partial charge is 0.507 e. The highest BCUT2D eigenvalue weighted by Gasteiger charge is 2.33. The van der Waals surface area contributed by atoms with Crippen molar-refractivity contribution >= 4 is 22.1 Å². The molecule has 0 saturated heterocycles. The van der Waals surface area contributed by atoms with Crippen LogP contribution in [0, 0.1) is 0 Å². The SMILES string of the molecule is CC1(C)c2cccc(c2O)-c2nc3c4nc(n(-c5ccccc5)c4ccc3n2-c2ccccc2)-c2cccc1c2O. The lowest BCUT2D eigenvalue weighted by Gasteiger charge is -2.29. The van der Waals surface area contributed by atoms with Gasteiger partial charge in [0.05, 0.1) is 22.2 Å². The molecule has 7 aromatic rings. The second-order valence-electron chi connectivity index (χ2n) is 11.0. The van der Waals surface area contributed by atoms with E-state index in [1.54, 1.807) is 0 Å². The normalized spacial score (nSPS) is 13.5. The van der Waals surface area contributed by atoms with Gasteiger partial charge in [-0.3, -0.25) is 9.13 Å². The lowest BCUT2D eigenvalue weighted by Crippen LogP contribution is -2.20. The van der Waals surface area contributed by atoms with Gasteiger partial charge in [0.2, 0.25) is 0 Å². The predicted molar refractivity (Wildman–Crippen MR) is 162 cm³/mol. The number of hydrogen-bond donors (Lipinski definition) is 2. The Hall–Kier alpha value is -5.36. The smallest absolute Gasteiger partial charge is 0.149 e. The molecule has 6 heteroatoms. The number of para-hydroxylation sites is 4. The van der Waals surface area contributed by atoms with Crippen LogP contribution in [-0.4, -0.2) is 29.3 Å². The fourth-order valence-electron chi connectivity index (χ4n) is 6.32. The van der Waals surface area contributed by atoms with Crippen LogP contribution in [-0.2, 0) is 5.41 Å². The molecular weight excluding hydrogens is 508 g/mol. The number of benzene rings is 5. The molecule has 2 aromatic heterocycles. The highest BCUT2D eigenvalue weighted by atomic mass is 16.3. The molecule has 5 aromatic carbocycles. The minimum absolute atomic E-state index is 0.139. The average molecular weight is 535 g/mol. The molecule has 1 aliphatic rings. The molecule has 0 spiro atoms. The van der Waals surface area contributed by atoms with E-state index in [4.69, 9.17) is 9.97 Å². The first-order chi connectivity index (χ1) is 19.9. The van der Waals surface area contributed by atoms with Crippen LogP contribution in [0.2, 0.25) is 0 Å². The topological polar surface area (TPSA) is 76.1 Å². The summed E-state index contributed by atoms with van der Waals surface area (Å²) in [5.41, 5.74) is 6.95. The van der Waals surface area contributed by atoms with Gasteiger partial charge in [0.25, 0.3) is 0 Å². The van der Waals surface area contributed by atoms with E-state index in [-0.39, 0.29) is 11.5 Å². The molecule has 198 valence electrons. The molecule has 6 nitrogen and oxygen atoms in total. The summed E-state index contributed by atoms with van der Waals surface area (Å²) in [6.07, 6.45) is 0. The van der Waals surface area contributed by atoms with E-state index in [1.165, 1.54) is 0 Å². The summed E-state index contributed by atoms with van der Waals surface area (Å²) in [5.74, 6) is 1.53. The van der Waals surface area contributed by atoms with Crippen molar-refractivity contribution in [3.05, 3.63) is 120 Å².